The van der Waals surface area contributed by atoms with Crippen molar-refractivity contribution in [3.05, 3.63) is 0 Å². The lowest BCUT2D eigenvalue weighted by molar-refractivity contribution is -0.129. The Bertz CT molecular complexity index is 243. The lowest BCUT2D eigenvalue weighted by Gasteiger charge is -2.33. The third kappa shape index (κ3) is 2.81. The Morgan fingerprint density at radius 2 is 1.69 bits per heavy atom. The third-order valence-corrected chi connectivity index (χ3v) is 3.76. The molecule has 2 fully saturated rings. The Hall–Kier alpha value is -0.450. The van der Waals surface area contributed by atoms with Crippen molar-refractivity contribution in [1.29, 1.82) is 0 Å². The first-order valence-corrected chi connectivity index (χ1v) is 6.18. The van der Waals surface area contributed by atoms with Gasteiger partial charge in [0, 0.05) is 32.8 Å². The van der Waals surface area contributed by atoms with Crippen LogP contribution in [0.5, 0.6) is 0 Å². The van der Waals surface area contributed by atoms with Gasteiger partial charge in [0.05, 0.1) is 5.54 Å². The predicted molar refractivity (Wildman–Crippen MR) is 60.1 cm³/mol. The molecule has 0 saturated carbocycles. The molecular formula is C12H21NO3. The highest BCUT2D eigenvalue weighted by Gasteiger charge is 2.36. The van der Waals surface area contributed by atoms with Crippen molar-refractivity contribution in [3.63, 3.8) is 0 Å². The molecule has 2 aliphatic rings. The minimum Gasteiger partial charge on any atom is -0.381 e. The largest absolute Gasteiger partial charge is 0.381 e. The van der Waals surface area contributed by atoms with Gasteiger partial charge in [-0.15, -0.1) is 0 Å². The molecule has 92 valence electrons. The van der Waals surface area contributed by atoms with E-state index in [9.17, 15) is 4.79 Å². The monoisotopic (exact) mass is 227 g/mol. The summed E-state index contributed by atoms with van der Waals surface area (Å²) in [6.07, 6.45) is 3.97. The Morgan fingerprint density at radius 1 is 1.12 bits per heavy atom. The lowest BCUT2D eigenvalue weighted by Crippen LogP contribution is -2.52. The van der Waals surface area contributed by atoms with Gasteiger partial charge in [-0.2, -0.15) is 0 Å². The van der Waals surface area contributed by atoms with E-state index < -0.39 is 5.54 Å². The lowest BCUT2D eigenvalue weighted by atomic mass is 9.81. The van der Waals surface area contributed by atoms with E-state index >= 15 is 0 Å². The van der Waals surface area contributed by atoms with Crippen molar-refractivity contribution < 1.29 is 14.3 Å². The number of hydrogen-bond acceptors (Lipinski definition) is 4. The van der Waals surface area contributed by atoms with Crippen LogP contribution in [0.15, 0.2) is 0 Å². The van der Waals surface area contributed by atoms with Crippen molar-refractivity contribution in [2.24, 2.45) is 11.7 Å². The second kappa shape index (κ2) is 5.25. The minimum atomic E-state index is -0.615. The molecule has 2 heterocycles. The summed E-state index contributed by atoms with van der Waals surface area (Å²) in [6.45, 7) is 2.82. The molecule has 0 atom stereocenters. The van der Waals surface area contributed by atoms with Crippen LogP contribution >= 0.6 is 0 Å². The summed E-state index contributed by atoms with van der Waals surface area (Å²) in [5.41, 5.74) is 5.54. The van der Waals surface area contributed by atoms with Crippen LogP contribution < -0.4 is 5.73 Å². The van der Waals surface area contributed by atoms with Gasteiger partial charge in [-0.3, -0.25) is 4.79 Å². The van der Waals surface area contributed by atoms with Crippen LogP contribution in [0.3, 0.4) is 0 Å². The van der Waals surface area contributed by atoms with E-state index in [1.165, 1.54) is 0 Å². The summed E-state index contributed by atoms with van der Waals surface area (Å²) in [7, 11) is 0. The summed E-state index contributed by atoms with van der Waals surface area (Å²) in [4.78, 5) is 12.2. The maximum absolute atomic E-state index is 12.2. The molecule has 0 aromatic carbocycles. The molecule has 0 spiro atoms. The first-order valence-electron chi connectivity index (χ1n) is 6.18. The molecule has 4 heteroatoms. The number of nitrogens with two attached hydrogens (primary N) is 1. The van der Waals surface area contributed by atoms with Gasteiger partial charge in [0.25, 0.3) is 0 Å². The van der Waals surface area contributed by atoms with Gasteiger partial charge in [-0.05, 0) is 31.6 Å². The molecule has 0 aromatic heterocycles. The fourth-order valence-electron chi connectivity index (χ4n) is 2.43. The number of Topliss-reactive ketones (excluding diaryl/α,β-unsaturated/α-hetero) is 1. The van der Waals surface area contributed by atoms with Crippen LogP contribution in [0.1, 0.15) is 32.1 Å². The Morgan fingerprint density at radius 3 is 2.31 bits per heavy atom. The summed E-state index contributed by atoms with van der Waals surface area (Å²) >= 11 is 0. The molecule has 0 unspecified atom stereocenters. The molecule has 0 radical (unpaired) electrons. The van der Waals surface area contributed by atoms with Crippen LogP contribution in [0.25, 0.3) is 0 Å². The number of ketones is 1. The smallest absolute Gasteiger partial charge is 0.153 e. The second-order valence-corrected chi connectivity index (χ2v) is 4.95. The van der Waals surface area contributed by atoms with Crippen molar-refractivity contribution in [3.8, 4) is 0 Å². The molecule has 2 saturated heterocycles. The maximum Gasteiger partial charge on any atom is 0.153 e. The highest BCUT2D eigenvalue weighted by Crippen LogP contribution is 2.25. The van der Waals surface area contributed by atoms with Crippen LogP contribution in [-0.4, -0.2) is 37.7 Å². The van der Waals surface area contributed by atoms with Gasteiger partial charge in [0.15, 0.2) is 5.78 Å². The summed E-state index contributed by atoms with van der Waals surface area (Å²) in [6, 6.07) is 0. The van der Waals surface area contributed by atoms with E-state index in [0.717, 1.165) is 26.1 Å². The number of carbonyl (C=O) groups is 1. The molecule has 2 aliphatic heterocycles. The van der Waals surface area contributed by atoms with E-state index in [1.807, 2.05) is 0 Å². The molecule has 16 heavy (non-hydrogen) atoms. The fourth-order valence-corrected chi connectivity index (χ4v) is 2.43. The SMILES string of the molecule is NC1(C(=O)CC2CCOCC2)CCOCC1. The van der Waals surface area contributed by atoms with Crippen molar-refractivity contribution in [2.75, 3.05) is 26.4 Å². The van der Waals surface area contributed by atoms with E-state index in [2.05, 4.69) is 0 Å². The molecule has 0 bridgehead atoms. The number of hydrogen-bond donors (Lipinski definition) is 1. The van der Waals surface area contributed by atoms with Gasteiger partial charge in [0.2, 0.25) is 0 Å². The first kappa shape index (κ1) is 12.0. The van der Waals surface area contributed by atoms with Crippen LogP contribution in [0, 0.1) is 5.92 Å². The standard InChI is InChI=1S/C12H21NO3/c13-12(3-7-16-8-4-12)11(14)9-10-1-5-15-6-2-10/h10H,1-9,13H2. The Kier molecular flexibility index (Phi) is 3.95. The van der Waals surface area contributed by atoms with Crippen LogP contribution in [-0.2, 0) is 14.3 Å². The summed E-state index contributed by atoms with van der Waals surface area (Å²) in [5.74, 6) is 0.701. The van der Waals surface area contributed by atoms with Gasteiger partial charge in [0.1, 0.15) is 0 Å². The number of carbonyl (C=O) groups excluding carboxylic acids is 1. The Labute approximate surface area is 96.5 Å². The van der Waals surface area contributed by atoms with Crippen LogP contribution in [0.2, 0.25) is 0 Å². The fraction of sp³-hybridized carbons (Fsp3) is 0.917. The zero-order chi connectivity index (χ0) is 11.4. The normalized spacial score (nSPS) is 26.6. The van der Waals surface area contributed by atoms with Gasteiger partial charge < -0.3 is 15.2 Å². The second-order valence-electron chi connectivity index (χ2n) is 4.95. The minimum absolute atomic E-state index is 0.225. The summed E-state index contributed by atoms with van der Waals surface area (Å²) < 4.78 is 10.5. The average Bonchev–Trinajstić information content (AvgIpc) is 2.31. The van der Waals surface area contributed by atoms with E-state index in [-0.39, 0.29) is 5.78 Å². The zero-order valence-corrected chi connectivity index (χ0v) is 9.74. The average molecular weight is 227 g/mol. The molecule has 0 amide bonds. The van der Waals surface area contributed by atoms with Crippen molar-refractivity contribution in [2.45, 2.75) is 37.6 Å². The number of rotatable bonds is 3. The molecule has 2 rings (SSSR count). The highest BCUT2D eigenvalue weighted by molar-refractivity contribution is 5.88. The van der Waals surface area contributed by atoms with Crippen molar-refractivity contribution >= 4 is 5.78 Å². The maximum atomic E-state index is 12.2. The van der Waals surface area contributed by atoms with Gasteiger partial charge in [-0.1, -0.05) is 0 Å². The van der Waals surface area contributed by atoms with Crippen LogP contribution in [0.4, 0.5) is 0 Å². The molecule has 0 aliphatic carbocycles. The topological polar surface area (TPSA) is 61.6 Å². The predicted octanol–water partition coefficient (Wildman–Crippen LogP) is 0.880. The highest BCUT2D eigenvalue weighted by atomic mass is 16.5. The quantitative estimate of drug-likeness (QED) is 0.777. The first-order chi connectivity index (χ1) is 7.71. The van der Waals surface area contributed by atoms with Gasteiger partial charge >= 0.3 is 0 Å². The van der Waals surface area contributed by atoms with E-state index in [1.54, 1.807) is 0 Å². The molecule has 4 nitrogen and oxygen atoms in total. The van der Waals surface area contributed by atoms with Gasteiger partial charge in [-0.25, -0.2) is 0 Å². The number of ether oxygens (including phenoxy) is 2. The summed E-state index contributed by atoms with van der Waals surface area (Å²) in [5, 5.41) is 0. The zero-order valence-electron chi connectivity index (χ0n) is 9.74. The van der Waals surface area contributed by atoms with Crippen molar-refractivity contribution in [1.82, 2.24) is 0 Å². The Balaban J connectivity index is 1.85. The van der Waals surface area contributed by atoms with E-state index in [0.29, 0.717) is 38.4 Å². The third-order valence-electron chi connectivity index (χ3n) is 3.76. The van der Waals surface area contributed by atoms with E-state index in [4.69, 9.17) is 15.2 Å². The molecular weight excluding hydrogens is 206 g/mol. The molecule has 0 aromatic rings. The molecule has 2 N–H and O–H groups in total.